The number of rotatable bonds is 6. The van der Waals surface area contributed by atoms with Gasteiger partial charge >= 0.3 is 6.18 Å². The molecule has 0 fully saturated rings. The molecule has 0 aliphatic heterocycles. The van der Waals surface area contributed by atoms with E-state index in [0.29, 0.717) is 27.9 Å². The molecule has 7 nitrogen and oxygen atoms in total. The summed E-state index contributed by atoms with van der Waals surface area (Å²) < 4.78 is 42.5. The number of aromatic nitrogens is 3. The third kappa shape index (κ3) is 5.87. The van der Waals surface area contributed by atoms with Crippen LogP contribution in [0.25, 0.3) is 16.6 Å². The van der Waals surface area contributed by atoms with Crippen LogP contribution in [0.4, 0.5) is 18.9 Å². The number of hydrogen-bond donors (Lipinski definition) is 2. The van der Waals surface area contributed by atoms with Gasteiger partial charge in [0.1, 0.15) is 5.69 Å². The van der Waals surface area contributed by atoms with Crippen molar-refractivity contribution in [2.24, 2.45) is 5.92 Å². The summed E-state index contributed by atoms with van der Waals surface area (Å²) in [7, 11) is 0. The van der Waals surface area contributed by atoms with Crippen molar-refractivity contribution in [2.75, 3.05) is 11.9 Å². The van der Waals surface area contributed by atoms with Gasteiger partial charge in [0, 0.05) is 27.8 Å². The second-order valence-corrected chi connectivity index (χ2v) is 10.8. The van der Waals surface area contributed by atoms with Crippen LogP contribution in [0.2, 0.25) is 5.02 Å². The molecule has 2 aromatic carbocycles. The van der Waals surface area contributed by atoms with Crippen molar-refractivity contribution in [3.63, 3.8) is 0 Å². The average Bonchev–Trinajstić information content (AvgIpc) is 3.30. The number of hydrogen-bond acceptors (Lipinski definition) is 4. The number of carbonyl (C=O) groups excluding carboxylic acids is 2. The summed E-state index contributed by atoms with van der Waals surface area (Å²) in [5, 5.41) is 10.3. The summed E-state index contributed by atoms with van der Waals surface area (Å²) in [5.74, 6) is -1.42. The third-order valence-electron chi connectivity index (χ3n) is 5.36. The topological polar surface area (TPSA) is 88.9 Å². The predicted molar refractivity (Wildman–Crippen MR) is 146 cm³/mol. The fraction of sp³-hybridized carbons (Fsp3) is 0.200. The normalized spacial score (nSPS) is 11.7. The van der Waals surface area contributed by atoms with E-state index < -0.39 is 29.4 Å². The van der Waals surface area contributed by atoms with Crippen LogP contribution in [0, 0.1) is 5.92 Å². The van der Waals surface area contributed by atoms with Crippen LogP contribution in [0.1, 0.15) is 40.4 Å². The first-order valence-corrected chi connectivity index (χ1v) is 13.1. The SMILES string of the molecule is CC(C)CNC(=O)c1cc2cc(Br)ccc2c(Br)c1NC(=O)c1cc(C(F)(F)F)nn1-c1ncccc1Cl. The summed E-state index contributed by atoms with van der Waals surface area (Å²) in [4.78, 5) is 30.6. The highest BCUT2D eigenvalue weighted by molar-refractivity contribution is 9.11. The lowest BCUT2D eigenvalue weighted by molar-refractivity contribution is -0.141. The maximum atomic E-state index is 13.6. The highest BCUT2D eigenvalue weighted by Crippen LogP contribution is 2.37. The minimum Gasteiger partial charge on any atom is -0.352 e. The van der Waals surface area contributed by atoms with Crippen molar-refractivity contribution in [3.05, 3.63) is 79.6 Å². The summed E-state index contributed by atoms with van der Waals surface area (Å²) in [6.45, 7) is 4.23. The van der Waals surface area contributed by atoms with E-state index in [1.54, 1.807) is 24.3 Å². The molecule has 0 saturated carbocycles. The quantitative estimate of drug-likeness (QED) is 0.226. The fourth-order valence-electron chi connectivity index (χ4n) is 3.58. The molecule has 0 saturated heterocycles. The zero-order chi connectivity index (χ0) is 27.8. The fourth-order valence-corrected chi connectivity index (χ4v) is 4.83. The molecule has 0 bridgehead atoms. The third-order valence-corrected chi connectivity index (χ3v) is 6.98. The van der Waals surface area contributed by atoms with Gasteiger partial charge in [-0.3, -0.25) is 9.59 Å². The number of nitrogens with one attached hydrogen (secondary N) is 2. The largest absolute Gasteiger partial charge is 0.435 e. The van der Waals surface area contributed by atoms with Gasteiger partial charge in [0.2, 0.25) is 0 Å². The number of halogens is 6. The van der Waals surface area contributed by atoms with Gasteiger partial charge in [0.25, 0.3) is 11.8 Å². The Morgan fingerprint density at radius 3 is 2.50 bits per heavy atom. The number of amides is 2. The van der Waals surface area contributed by atoms with Crippen molar-refractivity contribution < 1.29 is 22.8 Å². The van der Waals surface area contributed by atoms with E-state index in [1.807, 2.05) is 13.8 Å². The monoisotopic (exact) mass is 671 g/mol. The van der Waals surface area contributed by atoms with Gasteiger partial charge < -0.3 is 10.6 Å². The molecule has 2 heterocycles. The van der Waals surface area contributed by atoms with Gasteiger partial charge in [-0.05, 0) is 63.0 Å². The molecule has 0 unspecified atom stereocenters. The second kappa shape index (κ2) is 11.0. The molecule has 4 aromatic rings. The standard InChI is InChI=1S/C25H19Br2ClF3N5O2/c1-12(2)11-33-23(37)16-9-13-8-14(26)5-6-15(13)20(27)21(16)34-24(38)18-10-19(25(29,30)31)35-36(18)22-17(28)4-3-7-32-22/h3-10,12H,11H2,1-2H3,(H,33,37)(H,34,38). The first kappa shape index (κ1) is 28.1. The molecule has 0 aliphatic rings. The van der Waals surface area contributed by atoms with Crippen molar-refractivity contribution >= 4 is 71.7 Å². The molecule has 2 N–H and O–H groups in total. The Kier molecular flexibility index (Phi) is 8.15. The average molecular weight is 674 g/mol. The van der Waals surface area contributed by atoms with E-state index in [0.717, 1.165) is 9.15 Å². The van der Waals surface area contributed by atoms with Crippen LogP contribution in [-0.2, 0) is 6.18 Å². The summed E-state index contributed by atoms with van der Waals surface area (Å²) in [5.41, 5.74) is -1.58. The molecule has 4 rings (SSSR count). The number of alkyl halides is 3. The molecule has 0 radical (unpaired) electrons. The van der Waals surface area contributed by atoms with Crippen LogP contribution >= 0.6 is 43.5 Å². The van der Waals surface area contributed by atoms with Crippen LogP contribution < -0.4 is 10.6 Å². The number of pyridine rings is 1. The summed E-state index contributed by atoms with van der Waals surface area (Å²) in [6.07, 6.45) is -3.52. The predicted octanol–water partition coefficient (Wildman–Crippen LogP) is 7.26. The molecule has 2 amide bonds. The summed E-state index contributed by atoms with van der Waals surface area (Å²) >= 11 is 13.0. The number of carbonyl (C=O) groups is 2. The smallest absolute Gasteiger partial charge is 0.352 e. The first-order valence-electron chi connectivity index (χ1n) is 11.2. The summed E-state index contributed by atoms with van der Waals surface area (Å²) in [6, 6.07) is 10.5. The maximum Gasteiger partial charge on any atom is 0.435 e. The zero-order valence-corrected chi connectivity index (χ0v) is 23.8. The van der Waals surface area contributed by atoms with E-state index in [1.165, 1.54) is 18.3 Å². The van der Waals surface area contributed by atoms with E-state index in [-0.39, 0.29) is 28.0 Å². The molecular weight excluding hydrogens is 655 g/mol. The number of nitrogens with zero attached hydrogens (tertiary/aromatic N) is 3. The molecule has 0 aliphatic carbocycles. The second-order valence-electron chi connectivity index (χ2n) is 8.67. The number of fused-ring (bicyclic) bond motifs is 1. The molecule has 0 atom stereocenters. The Hall–Kier alpha value is -2.96. The number of benzene rings is 2. The van der Waals surface area contributed by atoms with E-state index in [2.05, 4.69) is 52.6 Å². The zero-order valence-electron chi connectivity index (χ0n) is 19.8. The van der Waals surface area contributed by atoms with E-state index >= 15 is 0 Å². The Morgan fingerprint density at radius 2 is 1.84 bits per heavy atom. The molecule has 0 spiro atoms. The van der Waals surface area contributed by atoms with Crippen molar-refractivity contribution in [2.45, 2.75) is 20.0 Å². The first-order chi connectivity index (χ1) is 17.9. The van der Waals surface area contributed by atoms with Gasteiger partial charge in [-0.15, -0.1) is 0 Å². The highest BCUT2D eigenvalue weighted by atomic mass is 79.9. The van der Waals surface area contributed by atoms with Gasteiger partial charge in [0.15, 0.2) is 11.5 Å². The van der Waals surface area contributed by atoms with E-state index in [9.17, 15) is 22.8 Å². The molecule has 13 heteroatoms. The molecule has 198 valence electrons. The maximum absolute atomic E-state index is 13.6. The van der Waals surface area contributed by atoms with Crippen molar-refractivity contribution in [3.8, 4) is 5.82 Å². The van der Waals surface area contributed by atoms with Crippen LogP contribution in [-0.4, -0.2) is 33.1 Å². The van der Waals surface area contributed by atoms with Crippen molar-refractivity contribution in [1.82, 2.24) is 20.1 Å². The van der Waals surface area contributed by atoms with Gasteiger partial charge in [-0.2, -0.15) is 18.3 Å². The van der Waals surface area contributed by atoms with Gasteiger partial charge in [0.05, 0.1) is 16.3 Å². The Balaban J connectivity index is 1.85. The van der Waals surface area contributed by atoms with Crippen LogP contribution in [0.5, 0.6) is 0 Å². The lowest BCUT2D eigenvalue weighted by Crippen LogP contribution is -2.29. The van der Waals surface area contributed by atoms with Crippen LogP contribution in [0.15, 0.2) is 57.6 Å². The Labute approximate surface area is 237 Å². The van der Waals surface area contributed by atoms with Gasteiger partial charge in [-0.1, -0.05) is 47.4 Å². The highest BCUT2D eigenvalue weighted by Gasteiger charge is 2.37. The Morgan fingerprint density at radius 1 is 1.11 bits per heavy atom. The molecule has 2 aromatic heterocycles. The van der Waals surface area contributed by atoms with E-state index in [4.69, 9.17) is 11.6 Å². The lowest BCUT2D eigenvalue weighted by Gasteiger charge is -2.17. The minimum absolute atomic E-state index is 0.00964. The lowest BCUT2D eigenvalue weighted by atomic mass is 10.0. The van der Waals surface area contributed by atoms with Gasteiger partial charge in [-0.25, -0.2) is 9.67 Å². The molecule has 38 heavy (non-hydrogen) atoms. The Bertz CT molecular complexity index is 1560. The van der Waals surface area contributed by atoms with Crippen LogP contribution in [0.3, 0.4) is 0 Å². The minimum atomic E-state index is -4.83. The van der Waals surface area contributed by atoms with Crippen molar-refractivity contribution in [1.29, 1.82) is 0 Å². The number of anilines is 1. The molecular formula is C25H19Br2ClF3N5O2.